The van der Waals surface area contributed by atoms with Crippen molar-refractivity contribution in [2.75, 3.05) is 19.8 Å². The third kappa shape index (κ3) is 5.63. The van der Waals surface area contributed by atoms with Gasteiger partial charge in [-0.15, -0.1) is 0 Å². The van der Waals surface area contributed by atoms with Crippen LogP contribution >= 0.6 is 0 Å². The summed E-state index contributed by atoms with van der Waals surface area (Å²) in [6, 6.07) is 1.37. The molecule has 2 bridgehead atoms. The van der Waals surface area contributed by atoms with Gasteiger partial charge >= 0.3 is 6.16 Å². The van der Waals surface area contributed by atoms with E-state index >= 15 is 4.39 Å². The van der Waals surface area contributed by atoms with E-state index in [1.54, 1.807) is 12.3 Å². The fourth-order valence-corrected chi connectivity index (χ4v) is 12.5. The first kappa shape index (κ1) is 39.3. The summed E-state index contributed by atoms with van der Waals surface area (Å²) in [7, 11) is 0. The van der Waals surface area contributed by atoms with Gasteiger partial charge in [-0.3, -0.25) is 4.98 Å². The van der Waals surface area contributed by atoms with Crippen LogP contribution in [0.25, 0.3) is 11.4 Å². The lowest BCUT2D eigenvalue weighted by Gasteiger charge is -2.71. The topological polar surface area (TPSA) is 135 Å². The summed E-state index contributed by atoms with van der Waals surface area (Å²) in [4.78, 5) is 21.1. The SMILES string of the molecule is CC(C)[C@@H](C)[C@@]1(C)CC[C@]2(C)[C@H]3CC[C@@H]4[C@@]5(COC[C@@]4(C)[C@@H](OC[C@](C)(N)C(C)C)[C@H](n4ncnc4-c4ccncc4F)C5)C3=CC[C@]2(C)[C@@H]1OC(=O)O. The number of rotatable bonds is 9. The molecule has 0 amide bonds. The Kier molecular flexibility index (Phi) is 9.74. The molecule has 5 aliphatic rings. The molecule has 0 unspecified atom stereocenters. The first-order chi connectivity index (χ1) is 25.3. The van der Waals surface area contributed by atoms with Crippen molar-refractivity contribution >= 4 is 6.16 Å². The van der Waals surface area contributed by atoms with E-state index in [-0.39, 0.29) is 52.1 Å². The van der Waals surface area contributed by atoms with Crippen LogP contribution in [0.2, 0.25) is 0 Å². The van der Waals surface area contributed by atoms with E-state index in [4.69, 9.17) is 25.0 Å². The molecule has 12 atom stereocenters. The van der Waals surface area contributed by atoms with Crippen LogP contribution in [0.4, 0.5) is 9.18 Å². The number of carboxylic acid groups (broad SMARTS) is 1. The Morgan fingerprint density at radius 2 is 1.87 bits per heavy atom. The monoisotopic (exact) mass is 749 g/mol. The zero-order chi connectivity index (χ0) is 39.2. The summed E-state index contributed by atoms with van der Waals surface area (Å²) in [5.41, 5.74) is 6.43. The number of carbonyl (C=O) groups is 1. The average Bonchev–Trinajstić information content (AvgIpc) is 3.59. The van der Waals surface area contributed by atoms with Gasteiger partial charge in [0.05, 0.1) is 43.7 Å². The predicted octanol–water partition coefficient (Wildman–Crippen LogP) is 8.73. The number of hydrogen-bond acceptors (Lipinski definition) is 8. The number of aromatic nitrogens is 4. The molecular weight excluding hydrogens is 686 g/mol. The molecule has 1 aliphatic heterocycles. The smallest absolute Gasteiger partial charge is 0.450 e. The zero-order valence-corrected chi connectivity index (χ0v) is 34.2. The van der Waals surface area contributed by atoms with Gasteiger partial charge in [0, 0.05) is 33.4 Å². The molecule has 3 heterocycles. The number of nitrogens with zero attached hydrogens (tertiary/aromatic N) is 4. The number of ether oxygens (including phenoxy) is 3. The Balaban J connectivity index is 1.36. The van der Waals surface area contributed by atoms with Crippen LogP contribution in [0.3, 0.4) is 0 Å². The number of hydrogen-bond donors (Lipinski definition) is 2. The van der Waals surface area contributed by atoms with Crippen LogP contribution in [0, 0.1) is 62.5 Å². The molecule has 1 saturated heterocycles. The van der Waals surface area contributed by atoms with Crippen molar-refractivity contribution in [3.05, 3.63) is 42.3 Å². The standard InChI is InChI=1S/C43H64FN5O5/c1-25(2)27(5)38(6)16-17-40(8)29-11-12-33-39(7)21-52-23-43(33,30(29)13-15-41(40,9)36(38)54-37(50)51)19-32(34(39)53-22-42(10,45)26(3)4)49-35(47-24-48-49)28-14-18-46-20-31(28)44/h13-14,18,20,24-27,29,32-34,36H,11-12,15-17,19,21-23,45H2,1-10H3,(H,50,51)/t27-,29+,32-,33+,34+,36-,38-,39-,40-,41-,42+,43+/m1/s1. The normalized spacial score (nSPS) is 40.6. The van der Waals surface area contributed by atoms with Crippen molar-refractivity contribution in [3.8, 4) is 11.4 Å². The van der Waals surface area contributed by atoms with Crippen molar-refractivity contribution in [2.24, 2.45) is 62.4 Å². The second-order valence-electron chi connectivity index (χ2n) is 19.9. The van der Waals surface area contributed by atoms with Crippen LogP contribution in [0.15, 0.2) is 36.4 Å². The molecule has 3 saturated carbocycles. The molecule has 0 radical (unpaired) electrons. The van der Waals surface area contributed by atoms with E-state index in [0.717, 1.165) is 32.1 Å². The van der Waals surface area contributed by atoms with Crippen LogP contribution < -0.4 is 5.73 Å². The first-order valence-electron chi connectivity index (χ1n) is 20.3. The second-order valence-corrected chi connectivity index (χ2v) is 19.9. The fraction of sp³-hybridized carbons (Fsp3) is 0.767. The molecule has 3 N–H and O–H groups in total. The fourth-order valence-electron chi connectivity index (χ4n) is 12.5. The Labute approximate surface area is 321 Å². The van der Waals surface area contributed by atoms with Crippen molar-refractivity contribution in [2.45, 2.75) is 132 Å². The highest BCUT2D eigenvalue weighted by Crippen LogP contribution is 2.74. The van der Waals surface area contributed by atoms with Gasteiger partial charge < -0.3 is 25.1 Å². The van der Waals surface area contributed by atoms with Crippen molar-refractivity contribution < 1.29 is 28.5 Å². The highest BCUT2D eigenvalue weighted by molar-refractivity contribution is 5.57. The van der Waals surface area contributed by atoms with Gasteiger partial charge in [0.25, 0.3) is 0 Å². The van der Waals surface area contributed by atoms with E-state index in [1.807, 2.05) is 11.6 Å². The molecule has 54 heavy (non-hydrogen) atoms. The van der Waals surface area contributed by atoms with E-state index in [1.165, 1.54) is 18.1 Å². The van der Waals surface area contributed by atoms with Gasteiger partial charge in [-0.25, -0.2) is 18.9 Å². The average molecular weight is 750 g/mol. The van der Waals surface area contributed by atoms with Crippen LogP contribution in [0.1, 0.15) is 114 Å². The molecule has 298 valence electrons. The third-order valence-electron chi connectivity index (χ3n) is 16.7. The summed E-state index contributed by atoms with van der Waals surface area (Å²) in [6.07, 6.45) is 10.1. The van der Waals surface area contributed by atoms with Gasteiger partial charge in [-0.05, 0) is 86.5 Å². The third-order valence-corrected chi connectivity index (χ3v) is 16.7. The van der Waals surface area contributed by atoms with Crippen molar-refractivity contribution in [1.82, 2.24) is 19.7 Å². The molecule has 4 fully saturated rings. The number of nitrogens with two attached hydrogens (primary N) is 1. The Bertz CT molecular complexity index is 1780. The zero-order valence-electron chi connectivity index (χ0n) is 34.2. The molecule has 7 rings (SSSR count). The van der Waals surface area contributed by atoms with Crippen LogP contribution in [0.5, 0.6) is 0 Å². The molecule has 0 aromatic carbocycles. The van der Waals surface area contributed by atoms with Crippen LogP contribution in [-0.4, -0.2) is 68.6 Å². The minimum Gasteiger partial charge on any atom is -0.450 e. The molecule has 10 nitrogen and oxygen atoms in total. The van der Waals surface area contributed by atoms with Crippen LogP contribution in [-0.2, 0) is 14.2 Å². The molecule has 4 aliphatic carbocycles. The quantitative estimate of drug-likeness (QED) is 0.191. The number of halogens is 1. The summed E-state index contributed by atoms with van der Waals surface area (Å²) in [5, 5.41) is 15.0. The molecule has 2 aromatic heterocycles. The highest BCUT2D eigenvalue weighted by atomic mass is 19.1. The lowest BCUT2D eigenvalue weighted by atomic mass is 9.35. The maximum absolute atomic E-state index is 15.4. The number of pyridine rings is 1. The summed E-state index contributed by atoms with van der Waals surface area (Å²) in [5.74, 6) is 1.34. The first-order valence-corrected chi connectivity index (χ1v) is 20.3. The maximum atomic E-state index is 15.4. The van der Waals surface area contributed by atoms with Crippen molar-refractivity contribution in [1.29, 1.82) is 0 Å². The maximum Gasteiger partial charge on any atom is 0.506 e. The highest BCUT2D eigenvalue weighted by Gasteiger charge is 2.72. The minimum atomic E-state index is -1.19. The Morgan fingerprint density at radius 3 is 2.54 bits per heavy atom. The largest absolute Gasteiger partial charge is 0.506 e. The van der Waals surface area contributed by atoms with Gasteiger partial charge in [0.1, 0.15) is 12.4 Å². The van der Waals surface area contributed by atoms with E-state index in [2.05, 4.69) is 78.4 Å². The second kappa shape index (κ2) is 13.4. The minimum absolute atomic E-state index is 0.189. The molecular formula is C43H64FN5O5. The molecule has 2 aromatic rings. The Hall–Kier alpha value is -2.89. The summed E-state index contributed by atoms with van der Waals surface area (Å²) >= 11 is 0. The lowest BCUT2D eigenvalue weighted by Crippen LogP contribution is -2.70. The summed E-state index contributed by atoms with van der Waals surface area (Å²) in [6.45, 7) is 23.8. The molecule has 0 spiro atoms. The van der Waals surface area contributed by atoms with Gasteiger partial charge in [-0.2, -0.15) is 5.10 Å². The number of fused-ring (bicyclic) bond motifs is 3. The van der Waals surface area contributed by atoms with Crippen molar-refractivity contribution in [3.63, 3.8) is 0 Å². The lowest BCUT2D eigenvalue weighted by molar-refractivity contribution is -0.256. The van der Waals surface area contributed by atoms with E-state index < -0.39 is 34.4 Å². The van der Waals surface area contributed by atoms with Gasteiger partial charge in [0.2, 0.25) is 0 Å². The van der Waals surface area contributed by atoms with E-state index in [9.17, 15) is 9.90 Å². The van der Waals surface area contributed by atoms with Gasteiger partial charge in [-0.1, -0.05) is 74.0 Å². The predicted molar refractivity (Wildman–Crippen MR) is 205 cm³/mol. The summed E-state index contributed by atoms with van der Waals surface area (Å²) < 4.78 is 37.2. The van der Waals surface area contributed by atoms with E-state index in [0.29, 0.717) is 43.5 Å². The number of allylic oxidation sites excluding steroid dienone is 1. The Morgan fingerprint density at radius 1 is 1.13 bits per heavy atom. The van der Waals surface area contributed by atoms with Gasteiger partial charge in [0.15, 0.2) is 11.6 Å². The molecule has 11 heteroatoms.